The molecular formula is C19H17ClN2OS2. The second-order valence-electron chi connectivity index (χ2n) is 6.10. The van der Waals surface area contributed by atoms with Crippen LogP contribution in [0, 0.1) is 0 Å². The van der Waals surface area contributed by atoms with E-state index in [2.05, 4.69) is 4.98 Å². The van der Waals surface area contributed by atoms with E-state index in [0.717, 1.165) is 50.9 Å². The minimum Gasteiger partial charge on any atom is -0.338 e. The SMILES string of the molecule is O=C(/C=C/c1sc2ccccc2c1Cl)N1CCCC(c2nccs2)C1. The minimum absolute atomic E-state index is 0.0507. The summed E-state index contributed by atoms with van der Waals surface area (Å²) in [7, 11) is 0. The predicted octanol–water partition coefficient (Wildman–Crippen LogP) is 5.43. The number of thiazole rings is 1. The lowest BCUT2D eigenvalue weighted by atomic mass is 9.98. The Labute approximate surface area is 159 Å². The summed E-state index contributed by atoms with van der Waals surface area (Å²) >= 11 is 9.73. The third-order valence-electron chi connectivity index (χ3n) is 4.47. The molecule has 3 nitrogen and oxygen atoms in total. The van der Waals surface area contributed by atoms with Crippen LogP contribution in [0.2, 0.25) is 5.02 Å². The summed E-state index contributed by atoms with van der Waals surface area (Å²) in [5.74, 6) is 0.411. The van der Waals surface area contributed by atoms with Gasteiger partial charge in [-0.3, -0.25) is 4.79 Å². The summed E-state index contributed by atoms with van der Waals surface area (Å²) < 4.78 is 1.14. The molecule has 1 aromatic carbocycles. The van der Waals surface area contributed by atoms with Crippen LogP contribution >= 0.6 is 34.3 Å². The molecule has 6 heteroatoms. The van der Waals surface area contributed by atoms with Crippen LogP contribution in [0.4, 0.5) is 0 Å². The number of carbonyl (C=O) groups excluding carboxylic acids is 1. The maximum absolute atomic E-state index is 12.6. The highest BCUT2D eigenvalue weighted by Gasteiger charge is 2.25. The summed E-state index contributed by atoms with van der Waals surface area (Å²) in [5.41, 5.74) is 0. The molecule has 1 atom stereocenters. The molecule has 3 aromatic rings. The number of amides is 1. The van der Waals surface area contributed by atoms with Gasteiger partial charge in [-0.1, -0.05) is 29.8 Å². The highest BCUT2D eigenvalue weighted by Crippen LogP contribution is 2.36. The van der Waals surface area contributed by atoms with Crippen molar-refractivity contribution >= 4 is 56.3 Å². The number of thiophene rings is 1. The largest absolute Gasteiger partial charge is 0.338 e. The van der Waals surface area contributed by atoms with Crippen molar-refractivity contribution in [3.05, 3.63) is 56.8 Å². The first-order valence-electron chi connectivity index (χ1n) is 8.26. The molecule has 128 valence electrons. The van der Waals surface area contributed by atoms with E-state index in [-0.39, 0.29) is 5.91 Å². The zero-order valence-corrected chi connectivity index (χ0v) is 15.9. The highest BCUT2D eigenvalue weighted by atomic mass is 35.5. The van der Waals surface area contributed by atoms with Gasteiger partial charge in [0.25, 0.3) is 0 Å². The number of hydrogen-bond donors (Lipinski definition) is 0. The Morgan fingerprint density at radius 3 is 3.04 bits per heavy atom. The van der Waals surface area contributed by atoms with E-state index < -0.39 is 0 Å². The van der Waals surface area contributed by atoms with Crippen LogP contribution in [0.5, 0.6) is 0 Å². The molecule has 1 aliphatic rings. The molecule has 1 saturated heterocycles. The van der Waals surface area contributed by atoms with Gasteiger partial charge in [-0.25, -0.2) is 4.98 Å². The van der Waals surface area contributed by atoms with Gasteiger partial charge < -0.3 is 4.90 Å². The number of likely N-dealkylation sites (tertiary alicyclic amines) is 1. The molecule has 0 spiro atoms. The summed E-state index contributed by atoms with van der Waals surface area (Å²) in [6, 6.07) is 8.04. The van der Waals surface area contributed by atoms with E-state index in [9.17, 15) is 4.79 Å². The third kappa shape index (κ3) is 3.50. The molecule has 1 amide bonds. The standard InChI is InChI=1S/C19H17ClN2OS2/c20-18-14-5-1-2-6-15(14)25-16(18)7-8-17(23)22-10-3-4-13(12-22)19-21-9-11-24-19/h1-2,5-9,11,13H,3-4,10,12H2/b8-7+. The van der Waals surface area contributed by atoms with Gasteiger partial charge in [-0.15, -0.1) is 22.7 Å². The summed E-state index contributed by atoms with van der Waals surface area (Å²) in [4.78, 5) is 19.9. The molecule has 3 heterocycles. The van der Waals surface area contributed by atoms with Gasteiger partial charge in [0.05, 0.1) is 10.0 Å². The van der Waals surface area contributed by atoms with Gasteiger partial charge in [0.2, 0.25) is 5.91 Å². The predicted molar refractivity (Wildman–Crippen MR) is 107 cm³/mol. The lowest BCUT2D eigenvalue weighted by Crippen LogP contribution is -2.38. The maximum atomic E-state index is 12.6. The number of hydrogen-bond acceptors (Lipinski definition) is 4. The molecular weight excluding hydrogens is 372 g/mol. The van der Waals surface area contributed by atoms with Crippen molar-refractivity contribution < 1.29 is 4.79 Å². The molecule has 0 saturated carbocycles. The topological polar surface area (TPSA) is 33.2 Å². The average molecular weight is 389 g/mol. The van der Waals surface area contributed by atoms with Gasteiger partial charge in [0.15, 0.2) is 0 Å². The molecule has 0 aliphatic carbocycles. The van der Waals surface area contributed by atoms with Crippen molar-refractivity contribution in [1.29, 1.82) is 0 Å². The minimum atomic E-state index is 0.0507. The second kappa shape index (κ2) is 7.28. The monoisotopic (exact) mass is 388 g/mol. The molecule has 0 bridgehead atoms. The van der Waals surface area contributed by atoms with Crippen LogP contribution < -0.4 is 0 Å². The average Bonchev–Trinajstić information content (AvgIpc) is 3.29. The number of benzene rings is 1. The number of carbonyl (C=O) groups is 1. The lowest BCUT2D eigenvalue weighted by Gasteiger charge is -2.31. The number of nitrogens with zero attached hydrogens (tertiary/aromatic N) is 2. The van der Waals surface area contributed by atoms with Crippen LogP contribution in [0.15, 0.2) is 41.9 Å². The van der Waals surface area contributed by atoms with Crippen molar-refractivity contribution in [1.82, 2.24) is 9.88 Å². The van der Waals surface area contributed by atoms with Crippen LogP contribution in [-0.2, 0) is 4.79 Å². The molecule has 1 aliphatic heterocycles. The van der Waals surface area contributed by atoms with Crippen molar-refractivity contribution in [2.45, 2.75) is 18.8 Å². The second-order valence-corrected chi connectivity index (χ2v) is 8.49. The van der Waals surface area contributed by atoms with E-state index in [1.807, 2.05) is 46.8 Å². The number of halogens is 1. The maximum Gasteiger partial charge on any atom is 0.246 e. The van der Waals surface area contributed by atoms with Crippen molar-refractivity contribution in [2.75, 3.05) is 13.1 Å². The van der Waals surface area contributed by atoms with Crippen molar-refractivity contribution in [3.63, 3.8) is 0 Å². The van der Waals surface area contributed by atoms with E-state index in [1.54, 1.807) is 28.7 Å². The smallest absolute Gasteiger partial charge is 0.246 e. The van der Waals surface area contributed by atoms with Crippen molar-refractivity contribution in [3.8, 4) is 0 Å². The van der Waals surface area contributed by atoms with Gasteiger partial charge in [0.1, 0.15) is 0 Å². The Morgan fingerprint density at radius 2 is 2.24 bits per heavy atom. The quantitative estimate of drug-likeness (QED) is 0.560. The molecule has 0 N–H and O–H groups in total. The number of rotatable bonds is 3. The van der Waals surface area contributed by atoms with Crippen LogP contribution in [0.25, 0.3) is 16.2 Å². The Hall–Kier alpha value is -1.69. The first-order valence-corrected chi connectivity index (χ1v) is 10.3. The first-order chi connectivity index (χ1) is 12.2. The number of aromatic nitrogens is 1. The van der Waals surface area contributed by atoms with Gasteiger partial charge in [-0.2, -0.15) is 0 Å². The zero-order chi connectivity index (χ0) is 17.2. The molecule has 0 radical (unpaired) electrons. The van der Waals surface area contributed by atoms with E-state index in [1.165, 1.54) is 0 Å². The summed E-state index contributed by atoms with van der Waals surface area (Å²) in [6.07, 6.45) is 7.46. The highest BCUT2D eigenvalue weighted by molar-refractivity contribution is 7.20. The van der Waals surface area contributed by atoms with Crippen LogP contribution in [-0.4, -0.2) is 28.9 Å². The van der Waals surface area contributed by atoms with Crippen molar-refractivity contribution in [2.24, 2.45) is 0 Å². The molecule has 25 heavy (non-hydrogen) atoms. The van der Waals surface area contributed by atoms with E-state index in [4.69, 9.17) is 11.6 Å². The Bertz CT molecular complexity index is 917. The van der Waals surface area contributed by atoms with E-state index in [0.29, 0.717) is 5.92 Å². The normalized spacial score (nSPS) is 18.3. The lowest BCUT2D eigenvalue weighted by molar-refractivity contribution is -0.127. The molecule has 1 fully saturated rings. The van der Waals surface area contributed by atoms with Crippen LogP contribution in [0.1, 0.15) is 28.6 Å². The number of piperidine rings is 1. The van der Waals surface area contributed by atoms with E-state index >= 15 is 0 Å². The third-order valence-corrected chi connectivity index (χ3v) is 7.06. The fourth-order valence-corrected chi connectivity index (χ4v) is 5.37. The Morgan fingerprint density at radius 1 is 1.36 bits per heavy atom. The summed E-state index contributed by atoms with van der Waals surface area (Å²) in [5, 5.41) is 4.90. The van der Waals surface area contributed by atoms with Gasteiger partial charge >= 0.3 is 0 Å². The van der Waals surface area contributed by atoms with Gasteiger partial charge in [0, 0.05) is 51.6 Å². The zero-order valence-electron chi connectivity index (χ0n) is 13.5. The number of fused-ring (bicyclic) bond motifs is 1. The summed E-state index contributed by atoms with van der Waals surface area (Å²) in [6.45, 7) is 1.56. The fraction of sp³-hybridized carbons (Fsp3) is 0.263. The molecule has 2 aromatic heterocycles. The van der Waals surface area contributed by atoms with Crippen LogP contribution in [0.3, 0.4) is 0 Å². The Kier molecular flexibility index (Phi) is 4.88. The first kappa shape index (κ1) is 16.8. The molecule has 1 unspecified atom stereocenters. The van der Waals surface area contributed by atoms with Gasteiger partial charge in [-0.05, 0) is 25.0 Å². The Balaban J connectivity index is 1.49. The fourth-order valence-electron chi connectivity index (χ4n) is 3.21. The molecule has 4 rings (SSSR count).